The molecule has 0 radical (unpaired) electrons. The van der Waals surface area contributed by atoms with Crippen LogP contribution in [0.2, 0.25) is 0 Å². The van der Waals surface area contributed by atoms with Gasteiger partial charge in [-0.15, -0.1) is 0 Å². The molecule has 0 aliphatic rings. The Labute approximate surface area is 152 Å². The van der Waals surface area contributed by atoms with Crippen molar-refractivity contribution in [1.82, 2.24) is 0 Å². The van der Waals surface area contributed by atoms with Crippen molar-refractivity contribution in [3.05, 3.63) is 78.4 Å². The van der Waals surface area contributed by atoms with Gasteiger partial charge in [0.05, 0.1) is 0 Å². The summed E-state index contributed by atoms with van der Waals surface area (Å²) < 4.78 is 0. The highest BCUT2D eigenvalue weighted by Crippen LogP contribution is 2.24. The summed E-state index contributed by atoms with van der Waals surface area (Å²) in [7, 11) is 0. The van der Waals surface area contributed by atoms with Gasteiger partial charge in [-0.25, -0.2) is 0 Å². The van der Waals surface area contributed by atoms with E-state index in [0.717, 1.165) is 12.1 Å². The van der Waals surface area contributed by atoms with Crippen LogP contribution in [0, 0.1) is 11.3 Å². The maximum absolute atomic E-state index is 7.94. The predicted molar refractivity (Wildman–Crippen MR) is 112 cm³/mol. The molecule has 0 aliphatic heterocycles. The summed E-state index contributed by atoms with van der Waals surface area (Å²) in [5.41, 5.74) is 10.3. The molecule has 0 saturated carbocycles. The fraction of sp³-hybridized carbons (Fsp3) is 0.261. The van der Waals surface area contributed by atoms with Crippen LogP contribution in [-0.2, 0) is 0 Å². The van der Waals surface area contributed by atoms with Gasteiger partial charge in [0, 0.05) is 5.71 Å². The molecule has 132 valence electrons. The second kappa shape index (κ2) is 11.2. The summed E-state index contributed by atoms with van der Waals surface area (Å²) in [6, 6.07) is 18.9. The largest absolute Gasteiger partial charge is 0.331 e. The lowest BCUT2D eigenvalue weighted by atomic mass is 9.98. The third-order valence-electron chi connectivity index (χ3n) is 3.68. The molecule has 0 aromatic heterocycles. The fourth-order valence-electron chi connectivity index (χ4n) is 2.24. The summed E-state index contributed by atoms with van der Waals surface area (Å²) in [6.07, 6.45) is 6.02. The first-order valence-electron chi connectivity index (χ1n) is 8.82. The predicted octanol–water partition coefficient (Wildman–Crippen LogP) is 5.95. The highest BCUT2D eigenvalue weighted by atomic mass is 14.5. The van der Waals surface area contributed by atoms with E-state index in [9.17, 15) is 0 Å². The van der Waals surface area contributed by atoms with Crippen molar-refractivity contribution in [2.75, 3.05) is 6.54 Å². The van der Waals surface area contributed by atoms with Crippen LogP contribution in [0.15, 0.2) is 72.8 Å². The van der Waals surface area contributed by atoms with Crippen molar-refractivity contribution in [3.63, 3.8) is 0 Å². The molecule has 0 spiro atoms. The SMILES string of the molecule is C/C=C(\C=C/C(=N)C(C)C)c1cccc(-c2ccccc2)c1.CCN. The van der Waals surface area contributed by atoms with Crippen LogP contribution in [0.5, 0.6) is 0 Å². The van der Waals surface area contributed by atoms with E-state index >= 15 is 0 Å². The van der Waals surface area contributed by atoms with Gasteiger partial charge >= 0.3 is 0 Å². The molecule has 2 rings (SSSR count). The van der Waals surface area contributed by atoms with E-state index in [1.165, 1.54) is 16.7 Å². The smallest absolute Gasteiger partial charge is 0.0339 e. The molecule has 0 saturated heterocycles. The summed E-state index contributed by atoms with van der Waals surface area (Å²) in [5, 5.41) is 7.94. The number of benzene rings is 2. The summed E-state index contributed by atoms with van der Waals surface area (Å²) >= 11 is 0. The zero-order valence-corrected chi connectivity index (χ0v) is 15.8. The Bertz CT molecular complexity index is 710. The molecule has 0 amide bonds. The van der Waals surface area contributed by atoms with Crippen LogP contribution in [0.4, 0.5) is 0 Å². The van der Waals surface area contributed by atoms with Gasteiger partial charge in [-0.05, 0) is 53.8 Å². The summed E-state index contributed by atoms with van der Waals surface area (Å²) in [6.45, 7) is 8.77. The van der Waals surface area contributed by atoms with Crippen molar-refractivity contribution >= 4 is 11.3 Å². The third kappa shape index (κ3) is 6.90. The lowest BCUT2D eigenvalue weighted by Crippen LogP contribution is -2.01. The van der Waals surface area contributed by atoms with Crippen molar-refractivity contribution < 1.29 is 0 Å². The Morgan fingerprint density at radius 1 is 1.00 bits per heavy atom. The molecule has 0 unspecified atom stereocenters. The van der Waals surface area contributed by atoms with Crippen molar-refractivity contribution in [3.8, 4) is 11.1 Å². The van der Waals surface area contributed by atoms with Gasteiger partial charge in [-0.1, -0.05) is 81.5 Å². The van der Waals surface area contributed by atoms with Crippen LogP contribution in [0.1, 0.15) is 33.3 Å². The molecule has 3 N–H and O–H groups in total. The van der Waals surface area contributed by atoms with E-state index in [0.29, 0.717) is 5.71 Å². The first-order chi connectivity index (χ1) is 12.0. The molecule has 2 nitrogen and oxygen atoms in total. The van der Waals surface area contributed by atoms with Crippen molar-refractivity contribution in [2.45, 2.75) is 27.7 Å². The van der Waals surface area contributed by atoms with E-state index < -0.39 is 0 Å². The third-order valence-corrected chi connectivity index (χ3v) is 3.68. The van der Waals surface area contributed by atoms with Crippen molar-refractivity contribution in [1.29, 1.82) is 5.41 Å². The molecule has 0 atom stereocenters. The zero-order valence-electron chi connectivity index (χ0n) is 15.8. The number of rotatable bonds is 5. The fourth-order valence-corrected chi connectivity index (χ4v) is 2.24. The van der Waals surface area contributed by atoms with E-state index in [1.807, 2.05) is 45.9 Å². The van der Waals surface area contributed by atoms with Gasteiger partial charge < -0.3 is 11.1 Å². The normalized spacial score (nSPS) is 11.4. The Kier molecular flexibility index (Phi) is 9.20. The number of nitrogens with one attached hydrogen (secondary N) is 1. The van der Waals surface area contributed by atoms with Crippen LogP contribution < -0.4 is 5.73 Å². The number of nitrogens with two attached hydrogens (primary N) is 1. The second-order valence-corrected chi connectivity index (χ2v) is 6.04. The molecule has 2 aromatic carbocycles. The minimum atomic E-state index is 0.255. The molecule has 2 heteroatoms. The van der Waals surface area contributed by atoms with E-state index in [-0.39, 0.29) is 5.92 Å². The van der Waals surface area contributed by atoms with Crippen LogP contribution in [-0.4, -0.2) is 12.3 Å². The topological polar surface area (TPSA) is 49.9 Å². The Morgan fingerprint density at radius 3 is 2.16 bits per heavy atom. The van der Waals surface area contributed by atoms with E-state index in [4.69, 9.17) is 11.1 Å². The van der Waals surface area contributed by atoms with Crippen LogP contribution in [0.3, 0.4) is 0 Å². The average molecular weight is 335 g/mol. The maximum Gasteiger partial charge on any atom is 0.0339 e. The van der Waals surface area contributed by atoms with Crippen LogP contribution >= 0.6 is 0 Å². The van der Waals surface area contributed by atoms with Gasteiger partial charge in [0.2, 0.25) is 0 Å². The van der Waals surface area contributed by atoms with Gasteiger partial charge in [-0.2, -0.15) is 0 Å². The Balaban J connectivity index is 0.000000970. The van der Waals surface area contributed by atoms with E-state index in [1.54, 1.807) is 0 Å². The van der Waals surface area contributed by atoms with Crippen LogP contribution in [0.25, 0.3) is 16.7 Å². The Hall–Kier alpha value is -2.45. The molecular weight excluding hydrogens is 304 g/mol. The first kappa shape index (κ1) is 20.6. The van der Waals surface area contributed by atoms with Gasteiger partial charge in [0.1, 0.15) is 0 Å². The minimum absolute atomic E-state index is 0.255. The lowest BCUT2D eigenvalue weighted by molar-refractivity contribution is 0.882. The minimum Gasteiger partial charge on any atom is -0.331 e. The first-order valence-corrected chi connectivity index (χ1v) is 8.82. The highest BCUT2D eigenvalue weighted by Gasteiger charge is 2.02. The molecule has 0 bridgehead atoms. The highest BCUT2D eigenvalue weighted by molar-refractivity contribution is 5.96. The standard InChI is InChI=1S/C21H23N.C2H7N/c1-4-17(13-14-21(22)16(2)3)19-11-8-12-20(15-19)18-9-6-5-7-10-18;1-2-3/h4-16,22H,1-3H3;2-3H2,1H3/b14-13-,17-4+,22-21?;. The number of hydrogen-bond donors (Lipinski definition) is 2. The molecule has 0 heterocycles. The quantitative estimate of drug-likeness (QED) is 0.515. The Morgan fingerprint density at radius 2 is 1.60 bits per heavy atom. The monoisotopic (exact) mass is 334 g/mol. The molecule has 0 fully saturated rings. The van der Waals surface area contributed by atoms with E-state index in [2.05, 4.69) is 54.6 Å². The molecular formula is C23H30N2. The van der Waals surface area contributed by atoms with Gasteiger partial charge in [0.25, 0.3) is 0 Å². The summed E-state index contributed by atoms with van der Waals surface area (Å²) in [5.74, 6) is 0.255. The number of allylic oxidation sites excluding steroid dienone is 4. The average Bonchev–Trinajstić information content (AvgIpc) is 2.63. The lowest BCUT2D eigenvalue weighted by Gasteiger charge is -2.07. The molecule has 0 aliphatic carbocycles. The van der Waals surface area contributed by atoms with Crippen molar-refractivity contribution in [2.24, 2.45) is 11.7 Å². The maximum atomic E-state index is 7.94. The van der Waals surface area contributed by atoms with Gasteiger partial charge in [0.15, 0.2) is 0 Å². The molecule has 2 aromatic rings. The zero-order chi connectivity index (χ0) is 18.7. The summed E-state index contributed by atoms with van der Waals surface area (Å²) in [4.78, 5) is 0. The second-order valence-electron chi connectivity index (χ2n) is 6.04. The number of hydrogen-bond acceptors (Lipinski definition) is 2. The van der Waals surface area contributed by atoms with Gasteiger partial charge in [-0.3, -0.25) is 0 Å². The molecule has 25 heavy (non-hydrogen) atoms.